The van der Waals surface area contributed by atoms with Crippen LogP contribution in [0.1, 0.15) is 12.5 Å². The summed E-state index contributed by atoms with van der Waals surface area (Å²) in [6.07, 6.45) is 0. The Labute approximate surface area is 105 Å². The van der Waals surface area contributed by atoms with Crippen LogP contribution >= 0.6 is 11.6 Å². The van der Waals surface area contributed by atoms with E-state index < -0.39 is 0 Å². The molecule has 0 radical (unpaired) electrons. The van der Waals surface area contributed by atoms with Crippen LogP contribution in [0.2, 0.25) is 5.02 Å². The SMILES string of the molecule is C/C(=N/Oc1ccc(Cl)cc1)c1ccccc1. The van der Waals surface area contributed by atoms with Crippen LogP contribution in [-0.2, 0) is 0 Å². The summed E-state index contributed by atoms with van der Waals surface area (Å²) in [4.78, 5) is 5.31. The fraction of sp³-hybridized carbons (Fsp3) is 0.0714. The van der Waals surface area contributed by atoms with Gasteiger partial charge in [0.2, 0.25) is 0 Å². The Kier molecular flexibility index (Phi) is 3.78. The molecule has 0 bridgehead atoms. The fourth-order valence-electron chi connectivity index (χ4n) is 1.35. The highest BCUT2D eigenvalue weighted by Gasteiger charge is 1.97. The van der Waals surface area contributed by atoms with E-state index in [1.54, 1.807) is 24.3 Å². The van der Waals surface area contributed by atoms with Crippen LogP contribution in [0, 0.1) is 0 Å². The van der Waals surface area contributed by atoms with Crippen LogP contribution in [0.4, 0.5) is 0 Å². The number of rotatable bonds is 3. The molecule has 0 saturated heterocycles. The van der Waals surface area contributed by atoms with E-state index in [1.165, 1.54) is 0 Å². The zero-order chi connectivity index (χ0) is 12.1. The normalized spacial score (nSPS) is 11.3. The van der Waals surface area contributed by atoms with Crippen LogP contribution in [0.5, 0.6) is 5.75 Å². The molecule has 0 saturated carbocycles. The average Bonchev–Trinajstić information content (AvgIpc) is 2.39. The second-order valence-electron chi connectivity index (χ2n) is 3.59. The molecule has 0 N–H and O–H groups in total. The van der Waals surface area contributed by atoms with Gasteiger partial charge in [0, 0.05) is 5.02 Å². The Bertz CT molecular complexity index is 506. The Morgan fingerprint density at radius 1 is 1.00 bits per heavy atom. The lowest BCUT2D eigenvalue weighted by molar-refractivity contribution is 0.341. The minimum Gasteiger partial charge on any atom is -0.357 e. The molecule has 2 aromatic rings. The molecule has 17 heavy (non-hydrogen) atoms. The molecule has 86 valence electrons. The Hall–Kier alpha value is -1.80. The maximum Gasteiger partial charge on any atom is 0.158 e. The van der Waals surface area contributed by atoms with E-state index in [0.717, 1.165) is 11.3 Å². The van der Waals surface area contributed by atoms with Gasteiger partial charge in [0.25, 0.3) is 0 Å². The van der Waals surface area contributed by atoms with Crippen molar-refractivity contribution in [3.8, 4) is 5.75 Å². The molecule has 2 rings (SSSR count). The third-order valence-electron chi connectivity index (χ3n) is 2.29. The van der Waals surface area contributed by atoms with E-state index >= 15 is 0 Å². The summed E-state index contributed by atoms with van der Waals surface area (Å²) < 4.78 is 0. The maximum absolute atomic E-state index is 5.78. The molecule has 0 amide bonds. The van der Waals surface area contributed by atoms with Crippen molar-refractivity contribution in [2.45, 2.75) is 6.92 Å². The van der Waals surface area contributed by atoms with Gasteiger partial charge in [-0.1, -0.05) is 47.1 Å². The molecule has 0 spiro atoms. The van der Waals surface area contributed by atoms with Gasteiger partial charge in [-0.3, -0.25) is 0 Å². The lowest BCUT2D eigenvalue weighted by Gasteiger charge is -2.01. The van der Waals surface area contributed by atoms with Crippen molar-refractivity contribution in [2.24, 2.45) is 5.16 Å². The predicted molar refractivity (Wildman–Crippen MR) is 70.7 cm³/mol. The predicted octanol–water partition coefficient (Wildman–Crippen LogP) is 4.14. The highest BCUT2D eigenvalue weighted by molar-refractivity contribution is 6.30. The first kappa shape index (κ1) is 11.7. The number of benzene rings is 2. The van der Waals surface area contributed by atoms with Gasteiger partial charge in [-0.2, -0.15) is 0 Å². The average molecular weight is 246 g/mol. The number of oxime groups is 1. The molecule has 0 fully saturated rings. The van der Waals surface area contributed by atoms with Crippen molar-refractivity contribution >= 4 is 17.3 Å². The van der Waals surface area contributed by atoms with E-state index in [4.69, 9.17) is 16.4 Å². The molecular weight excluding hydrogens is 234 g/mol. The van der Waals surface area contributed by atoms with E-state index in [9.17, 15) is 0 Å². The Balaban J connectivity index is 2.08. The highest BCUT2D eigenvalue weighted by Crippen LogP contribution is 2.16. The van der Waals surface area contributed by atoms with Crippen LogP contribution in [0.3, 0.4) is 0 Å². The smallest absolute Gasteiger partial charge is 0.158 e. The largest absolute Gasteiger partial charge is 0.357 e. The molecule has 0 atom stereocenters. The van der Waals surface area contributed by atoms with Crippen molar-refractivity contribution < 1.29 is 4.84 Å². The lowest BCUT2D eigenvalue weighted by Crippen LogP contribution is -1.97. The molecule has 2 nitrogen and oxygen atoms in total. The number of nitrogens with zero attached hydrogens (tertiary/aromatic N) is 1. The van der Waals surface area contributed by atoms with Crippen molar-refractivity contribution in [1.29, 1.82) is 0 Å². The van der Waals surface area contributed by atoms with Gasteiger partial charge in [-0.05, 0) is 36.8 Å². The zero-order valence-electron chi connectivity index (χ0n) is 9.43. The minimum absolute atomic E-state index is 0.671. The minimum atomic E-state index is 0.671. The molecule has 0 aliphatic carbocycles. The van der Waals surface area contributed by atoms with E-state index in [-0.39, 0.29) is 0 Å². The third-order valence-corrected chi connectivity index (χ3v) is 2.55. The number of halogens is 1. The van der Waals surface area contributed by atoms with Gasteiger partial charge in [-0.25, -0.2) is 0 Å². The van der Waals surface area contributed by atoms with Gasteiger partial charge in [0.15, 0.2) is 5.75 Å². The standard InChI is InChI=1S/C14H12ClNO/c1-11(12-5-3-2-4-6-12)16-17-14-9-7-13(15)8-10-14/h2-10H,1H3/b16-11-. The van der Waals surface area contributed by atoms with Crippen LogP contribution in [-0.4, -0.2) is 5.71 Å². The first-order chi connectivity index (χ1) is 8.25. The summed E-state index contributed by atoms with van der Waals surface area (Å²) in [5, 5.41) is 4.75. The van der Waals surface area contributed by atoms with Crippen molar-refractivity contribution in [2.75, 3.05) is 0 Å². The van der Waals surface area contributed by atoms with Crippen LogP contribution in [0.15, 0.2) is 59.8 Å². The molecule has 0 aromatic heterocycles. The fourth-order valence-corrected chi connectivity index (χ4v) is 1.47. The topological polar surface area (TPSA) is 21.6 Å². The number of hydrogen-bond acceptors (Lipinski definition) is 2. The Morgan fingerprint density at radius 2 is 1.65 bits per heavy atom. The highest BCUT2D eigenvalue weighted by atomic mass is 35.5. The quantitative estimate of drug-likeness (QED) is 0.588. The van der Waals surface area contributed by atoms with Crippen molar-refractivity contribution in [3.63, 3.8) is 0 Å². The van der Waals surface area contributed by atoms with Crippen LogP contribution in [0.25, 0.3) is 0 Å². The van der Waals surface area contributed by atoms with Gasteiger partial charge in [-0.15, -0.1) is 0 Å². The second kappa shape index (κ2) is 5.51. The van der Waals surface area contributed by atoms with E-state index in [2.05, 4.69) is 5.16 Å². The van der Waals surface area contributed by atoms with Gasteiger partial charge < -0.3 is 4.84 Å². The lowest BCUT2D eigenvalue weighted by atomic mass is 10.1. The summed E-state index contributed by atoms with van der Waals surface area (Å²) >= 11 is 5.78. The van der Waals surface area contributed by atoms with Gasteiger partial charge in [0.1, 0.15) is 0 Å². The summed E-state index contributed by atoms with van der Waals surface area (Å²) in [5.74, 6) is 0.671. The first-order valence-electron chi connectivity index (χ1n) is 5.28. The van der Waals surface area contributed by atoms with Crippen molar-refractivity contribution in [1.82, 2.24) is 0 Å². The summed E-state index contributed by atoms with van der Waals surface area (Å²) in [7, 11) is 0. The molecule has 0 unspecified atom stereocenters. The molecule has 0 aliphatic rings. The second-order valence-corrected chi connectivity index (χ2v) is 4.02. The van der Waals surface area contributed by atoms with E-state index in [1.807, 2.05) is 37.3 Å². The maximum atomic E-state index is 5.78. The third kappa shape index (κ3) is 3.33. The summed E-state index contributed by atoms with van der Waals surface area (Å²) in [6.45, 7) is 1.91. The summed E-state index contributed by atoms with van der Waals surface area (Å²) in [6, 6.07) is 17.0. The molecule has 0 heterocycles. The van der Waals surface area contributed by atoms with E-state index in [0.29, 0.717) is 10.8 Å². The van der Waals surface area contributed by atoms with Gasteiger partial charge >= 0.3 is 0 Å². The first-order valence-corrected chi connectivity index (χ1v) is 5.66. The Morgan fingerprint density at radius 3 is 2.29 bits per heavy atom. The molecular formula is C14H12ClNO. The molecule has 3 heteroatoms. The number of hydrogen-bond donors (Lipinski definition) is 0. The van der Waals surface area contributed by atoms with Crippen LogP contribution < -0.4 is 4.84 Å². The van der Waals surface area contributed by atoms with Crippen molar-refractivity contribution in [3.05, 3.63) is 65.2 Å². The monoisotopic (exact) mass is 245 g/mol. The zero-order valence-corrected chi connectivity index (χ0v) is 10.2. The molecule has 0 aliphatic heterocycles. The van der Waals surface area contributed by atoms with Gasteiger partial charge in [0.05, 0.1) is 5.71 Å². The molecule has 2 aromatic carbocycles. The summed E-state index contributed by atoms with van der Waals surface area (Å²) in [5.41, 5.74) is 1.88.